The van der Waals surface area contributed by atoms with Gasteiger partial charge in [0.05, 0.1) is 5.71 Å². The first-order chi connectivity index (χ1) is 10.5. The first-order valence-corrected chi connectivity index (χ1v) is 9.43. The summed E-state index contributed by atoms with van der Waals surface area (Å²) in [4.78, 5) is 30.0. The Morgan fingerprint density at radius 2 is 1.91 bits per heavy atom. The molecule has 0 aromatic heterocycles. The molecule has 0 radical (unpaired) electrons. The van der Waals surface area contributed by atoms with E-state index in [9.17, 15) is 9.59 Å². The van der Waals surface area contributed by atoms with E-state index in [1.807, 2.05) is 25.6 Å². The molecule has 0 saturated heterocycles. The van der Waals surface area contributed by atoms with Crippen LogP contribution in [0.5, 0.6) is 0 Å². The molecule has 1 atom stereocenters. The van der Waals surface area contributed by atoms with E-state index >= 15 is 0 Å². The zero-order valence-electron chi connectivity index (χ0n) is 14.3. The van der Waals surface area contributed by atoms with Crippen molar-refractivity contribution >= 4 is 29.0 Å². The van der Waals surface area contributed by atoms with Crippen LogP contribution in [0.4, 0.5) is 0 Å². The third-order valence-corrected chi connectivity index (χ3v) is 4.99. The van der Waals surface area contributed by atoms with Crippen LogP contribution in [0.25, 0.3) is 0 Å². The van der Waals surface area contributed by atoms with E-state index in [1.54, 1.807) is 0 Å². The van der Waals surface area contributed by atoms with E-state index < -0.39 is 5.92 Å². The van der Waals surface area contributed by atoms with Crippen molar-refractivity contribution < 1.29 is 14.4 Å². The quantitative estimate of drug-likeness (QED) is 0.366. The molecule has 0 aliphatic heterocycles. The van der Waals surface area contributed by atoms with Gasteiger partial charge in [0.15, 0.2) is 0 Å². The number of carbonyl (C=O) groups is 2. The monoisotopic (exact) mass is 327 g/mol. The lowest BCUT2D eigenvalue weighted by Crippen LogP contribution is -2.39. The summed E-state index contributed by atoms with van der Waals surface area (Å²) in [6.07, 6.45) is 3.44. The van der Waals surface area contributed by atoms with Crippen LogP contribution in [0.1, 0.15) is 59.8 Å². The van der Waals surface area contributed by atoms with Crippen molar-refractivity contribution in [2.24, 2.45) is 17.0 Å². The fourth-order valence-electron chi connectivity index (χ4n) is 3.06. The van der Waals surface area contributed by atoms with E-state index in [0.717, 1.165) is 18.6 Å². The average molecular weight is 327 g/mol. The number of nitrogens with zero attached hydrogens (tertiary/aromatic N) is 1. The zero-order chi connectivity index (χ0) is 16.5. The van der Waals surface area contributed by atoms with Crippen molar-refractivity contribution in [3.8, 4) is 0 Å². The number of rotatable bonds is 9. The van der Waals surface area contributed by atoms with Crippen LogP contribution < -0.4 is 0 Å². The van der Waals surface area contributed by atoms with Crippen molar-refractivity contribution in [3.05, 3.63) is 0 Å². The molecule has 126 valence electrons. The lowest BCUT2D eigenvalue weighted by atomic mass is 9.75. The van der Waals surface area contributed by atoms with E-state index in [-0.39, 0.29) is 17.5 Å². The number of ketones is 2. The van der Waals surface area contributed by atoms with Gasteiger partial charge in [0, 0.05) is 18.1 Å². The molecule has 1 unspecified atom stereocenters. The third-order valence-electron chi connectivity index (χ3n) is 3.89. The number of thioether (sulfide) groups is 1. The molecule has 0 aromatic rings. The second-order valence-corrected chi connectivity index (χ2v) is 7.61. The van der Waals surface area contributed by atoms with Crippen LogP contribution >= 0.6 is 11.8 Å². The van der Waals surface area contributed by atoms with Crippen LogP contribution in [0.3, 0.4) is 0 Å². The largest absolute Gasteiger partial charge is 0.396 e. The topological polar surface area (TPSA) is 55.7 Å². The molecule has 1 fully saturated rings. The molecule has 5 heteroatoms. The molecule has 0 bridgehead atoms. The summed E-state index contributed by atoms with van der Waals surface area (Å²) in [6.45, 7) is 8.63. The maximum Gasteiger partial charge on any atom is 0.149 e. The van der Waals surface area contributed by atoms with Crippen molar-refractivity contribution in [3.63, 3.8) is 0 Å². The summed E-state index contributed by atoms with van der Waals surface area (Å²) in [7, 11) is 0. The van der Waals surface area contributed by atoms with Crippen LogP contribution in [-0.2, 0) is 14.4 Å². The van der Waals surface area contributed by atoms with Crippen LogP contribution in [0, 0.1) is 11.8 Å². The lowest BCUT2D eigenvalue weighted by molar-refractivity contribution is -0.134. The van der Waals surface area contributed by atoms with Gasteiger partial charge in [0.2, 0.25) is 0 Å². The lowest BCUT2D eigenvalue weighted by Gasteiger charge is -2.28. The summed E-state index contributed by atoms with van der Waals surface area (Å²) in [5, 5.41) is 4.54. The first-order valence-electron chi connectivity index (χ1n) is 8.39. The van der Waals surface area contributed by atoms with Crippen LogP contribution in [-0.4, -0.2) is 34.9 Å². The first kappa shape index (κ1) is 19.2. The van der Waals surface area contributed by atoms with Crippen LogP contribution in [0.15, 0.2) is 5.16 Å². The summed E-state index contributed by atoms with van der Waals surface area (Å²) < 4.78 is 0. The summed E-state index contributed by atoms with van der Waals surface area (Å²) >= 11 is 1.89. The van der Waals surface area contributed by atoms with Gasteiger partial charge in [-0.25, -0.2) is 0 Å². The van der Waals surface area contributed by atoms with E-state index in [2.05, 4.69) is 19.0 Å². The number of hydrogen-bond acceptors (Lipinski definition) is 5. The highest BCUT2D eigenvalue weighted by Gasteiger charge is 2.38. The Morgan fingerprint density at radius 3 is 2.41 bits per heavy atom. The zero-order valence-corrected chi connectivity index (χ0v) is 15.1. The van der Waals surface area contributed by atoms with Gasteiger partial charge in [-0.05, 0) is 31.4 Å². The molecule has 1 rings (SSSR count). The predicted octanol–water partition coefficient (Wildman–Crippen LogP) is 3.88. The Labute approximate surface area is 138 Å². The third kappa shape index (κ3) is 5.75. The van der Waals surface area contributed by atoms with Gasteiger partial charge in [-0.1, -0.05) is 32.3 Å². The van der Waals surface area contributed by atoms with E-state index in [0.29, 0.717) is 36.8 Å². The molecule has 0 spiro atoms. The minimum atomic E-state index is -0.656. The molecular formula is C17H29NO3S. The Kier molecular flexibility index (Phi) is 8.76. The average Bonchev–Trinajstić information content (AvgIpc) is 2.44. The van der Waals surface area contributed by atoms with Gasteiger partial charge >= 0.3 is 0 Å². The highest BCUT2D eigenvalue weighted by Crippen LogP contribution is 2.31. The van der Waals surface area contributed by atoms with Crippen molar-refractivity contribution in [1.82, 2.24) is 0 Å². The van der Waals surface area contributed by atoms with Crippen molar-refractivity contribution in [1.29, 1.82) is 0 Å². The number of carbonyl (C=O) groups excluding carboxylic acids is 2. The van der Waals surface area contributed by atoms with Gasteiger partial charge < -0.3 is 4.84 Å². The van der Waals surface area contributed by atoms with Gasteiger partial charge in [-0.2, -0.15) is 11.8 Å². The highest BCUT2D eigenvalue weighted by molar-refractivity contribution is 7.99. The fourth-order valence-corrected chi connectivity index (χ4v) is 4.04. The number of oxime groups is 1. The van der Waals surface area contributed by atoms with Crippen LogP contribution in [0.2, 0.25) is 0 Å². The Hall–Kier alpha value is -0.840. The predicted molar refractivity (Wildman–Crippen MR) is 92.4 cm³/mol. The van der Waals surface area contributed by atoms with Crippen molar-refractivity contribution in [2.45, 2.75) is 65.0 Å². The standard InChI is InChI=1S/C17H29NO3S/c1-5-8-14(18-21-6-2)17-15(19)10-13(11-16(17)20)9-12(4)22-7-3/h12-13,17H,5-11H2,1-4H3. The summed E-state index contributed by atoms with van der Waals surface area (Å²) in [5.74, 6) is 0.668. The number of Topliss-reactive ketones (excluding diaryl/α,β-unsaturated/α-hetero) is 2. The maximum absolute atomic E-state index is 12.5. The summed E-state index contributed by atoms with van der Waals surface area (Å²) in [5.41, 5.74) is 0.619. The minimum Gasteiger partial charge on any atom is -0.396 e. The van der Waals surface area contributed by atoms with E-state index in [1.165, 1.54) is 0 Å². The number of hydrogen-bond donors (Lipinski definition) is 0. The Morgan fingerprint density at radius 1 is 1.27 bits per heavy atom. The molecule has 4 nitrogen and oxygen atoms in total. The second-order valence-electron chi connectivity index (χ2n) is 5.89. The molecular weight excluding hydrogens is 298 g/mol. The highest BCUT2D eigenvalue weighted by atomic mass is 32.2. The Balaban J connectivity index is 2.73. The minimum absolute atomic E-state index is 0.0295. The van der Waals surface area contributed by atoms with E-state index in [4.69, 9.17) is 4.84 Å². The molecule has 1 saturated carbocycles. The second kappa shape index (κ2) is 10.0. The van der Waals surface area contributed by atoms with Gasteiger partial charge in [0.1, 0.15) is 24.1 Å². The SMILES string of the molecule is CCCC(=NOCC)C1C(=O)CC(CC(C)SCC)CC1=O. The molecule has 0 amide bonds. The van der Waals surface area contributed by atoms with Crippen molar-refractivity contribution in [2.75, 3.05) is 12.4 Å². The molecule has 22 heavy (non-hydrogen) atoms. The molecule has 0 N–H and O–H groups in total. The fraction of sp³-hybridized carbons (Fsp3) is 0.824. The molecule has 1 aliphatic rings. The van der Waals surface area contributed by atoms with Gasteiger partial charge in [0.25, 0.3) is 0 Å². The summed E-state index contributed by atoms with van der Waals surface area (Å²) in [6, 6.07) is 0. The molecule has 0 aromatic carbocycles. The molecule has 0 heterocycles. The molecule has 1 aliphatic carbocycles. The van der Waals surface area contributed by atoms with Gasteiger partial charge in [-0.15, -0.1) is 0 Å². The van der Waals surface area contributed by atoms with Gasteiger partial charge in [-0.3, -0.25) is 9.59 Å². The smallest absolute Gasteiger partial charge is 0.149 e. The Bertz CT molecular complexity index is 391. The maximum atomic E-state index is 12.5. The normalized spacial score (nSPS) is 24.5.